The lowest BCUT2D eigenvalue weighted by Gasteiger charge is -2.27. The van der Waals surface area contributed by atoms with Crippen molar-refractivity contribution in [3.8, 4) is 0 Å². The van der Waals surface area contributed by atoms with Crippen LogP contribution in [0.1, 0.15) is 5.56 Å². The molecular formula is C24H22N4O3S. The Morgan fingerprint density at radius 1 is 1.09 bits per heavy atom. The molecule has 1 saturated heterocycles. The average molecular weight is 447 g/mol. The van der Waals surface area contributed by atoms with Gasteiger partial charge in [-0.05, 0) is 36.0 Å². The molecule has 0 spiro atoms. The highest BCUT2D eigenvalue weighted by atomic mass is 32.2. The largest absolute Gasteiger partial charge is 0.378 e. The molecule has 0 atom stereocenters. The lowest BCUT2D eigenvalue weighted by atomic mass is 10.1. The minimum absolute atomic E-state index is 0.111. The molecule has 8 heteroatoms. The molecule has 3 heterocycles. The number of carbonyl (C=O) groups excluding carboxylic acids is 2. The minimum Gasteiger partial charge on any atom is -0.378 e. The topological polar surface area (TPSA) is 75.9 Å². The Balaban J connectivity index is 1.38. The third-order valence-electron chi connectivity index (χ3n) is 5.37. The van der Waals surface area contributed by atoms with Gasteiger partial charge in [-0.3, -0.25) is 9.59 Å². The Morgan fingerprint density at radius 2 is 1.84 bits per heavy atom. The number of hydrogen-bond donors (Lipinski definition) is 1. The number of aromatic nitrogens is 1. The second-order valence-corrected chi connectivity index (χ2v) is 8.56. The van der Waals surface area contributed by atoms with Gasteiger partial charge in [0.05, 0.1) is 18.1 Å². The predicted molar refractivity (Wildman–Crippen MR) is 127 cm³/mol. The molecule has 7 nitrogen and oxygen atoms in total. The van der Waals surface area contributed by atoms with E-state index in [2.05, 4.69) is 15.2 Å². The Bertz CT molecular complexity index is 1230. The van der Waals surface area contributed by atoms with Gasteiger partial charge in [-0.15, -0.1) is 0 Å². The monoisotopic (exact) mass is 446 g/mol. The number of benzene rings is 2. The number of nitrogens with one attached hydrogen (secondary N) is 1. The number of carbonyl (C=O) groups is 2. The molecule has 0 unspecified atom stereocenters. The fraction of sp³-hybridized carbons (Fsp3) is 0.208. The normalized spacial score (nSPS) is 17.8. The molecule has 0 saturated carbocycles. The fourth-order valence-corrected chi connectivity index (χ4v) is 4.78. The number of rotatable bonds is 4. The average Bonchev–Trinajstić information content (AvgIpc) is 3.36. The van der Waals surface area contributed by atoms with Gasteiger partial charge in [0.1, 0.15) is 6.54 Å². The van der Waals surface area contributed by atoms with Crippen LogP contribution in [0.25, 0.3) is 17.0 Å². The predicted octanol–water partition coefficient (Wildman–Crippen LogP) is 3.58. The molecule has 0 radical (unpaired) electrons. The van der Waals surface area contributed by atoms with Crippen molar-refractivity contribution in [2.45, 2.75) is 6.54 Å². The second-order valence-electron chi connectivity index (χ2n) is 7.55. The lowest BCUT2D eigenvalue weighted by Crippen LogP contribution is -2.38. The third-order valence-corrected chi connectivity index (χ3v) is 6.41. The fourth-order valence-electron chi connectivity index (χ4n) is 3.83. The Labute approximate surface area is 189 Å². The van der Waals surface area contributed by atoms with Crippen LogP contribution in [0.2, 0.25) is 0 Å². The number of para-hydroxylation sites is 2. The summed E-state index contributed by atoms with van der Waals surface area (Å²) < 4.78 is 7.30. The quantitative estimate of drug-likeness (QED) is 0.620. The van der Waals surface area contributed by atoms with Gasteiger partial charge in [0.2, 0.25) is 5.91 Å². The van der Waals surface area contributed by atoms with Gasteiger partial charge in [0, 0.05) is 41.4 Å². The highest BCUT2D eigenvalue weighted by molar-refractivity contribution is 8.18. The van der Waals surface area contributed by atoms with Crippen molar-refractivity contribution in [1.29, 1.82) is 0 Å². The van der Waals surface area contributed by atoms with Crippen LogP contribution < -0.4 is 5.32 Å². The summed E-state index contributed by atoms with van der Waals surface area (Å²) in [4.78, 5) is 32.1. The zero-order valence-electron chi connectivity index (χ0n) is 17.4. The number of anilines is 1. The summed E-state index contributed by atoms with van der Waals surface area (Å²) in [5.41, 5.74) is 2.59. The van der Waals surface area contributed by atoms with E-state index in [1.54, 1.807) is 0 Å². The van der Waals surface area contributed by atoms with Crippen LogP contribution in [-0.2, 0) is 20.9 Å². The van der Waals surface area contributed by atoms with E-state index in [9.17, 15) is 9.59 Å². The van der Waals surface area contributed by atoms with Crippen molar-refractivity contribution in [3.63, 3.8) is 0 Å². The zero-order chi connectivity index (χ0) is 21.9. The van der Waals surface area contributed by atoms with Gasteiger partial charge in [0.25, 0.3) is 5.91 Å². The summed E-state index contributed by atoms with van der Waals surface area (Å²) in [6, 6.07) is 17.3. The van der Waals surface area contributed by atoms with Crippen molar-refractivity contribution in [2.75, 3.05) is 31.6 Å². The maximum atomic E-state index is 12.6. The van der Waals surface area contributed by atoms with Crippen LogP contribution in [0.3, 0.4) is 0 Å². The molecule has 0 bridgehead atoms. The summed E-state index contributed by atoms with van der Waals surface area (Å²) in [5.74, 6) is -0.337. The Morgan fingerprint density at radius 3 is 2.66 bits per heavy atom. The van der Waals surface area contributed by atoms with E-state index in [0.717, 1.165) is 40.4 Å². The van der Waals surface area contributed by atoms with Crippen molar-refractivity contribution in [3.05, 3.63) is 71.3 Å². The third kappa shape index (κ3) is 4.32. The van der Waals surface area contributed by atoms with E-state index in [4.69, 9.17) is 4.74 Å². The summed E-state index contributed by atoms with van der Waals surface area (Å²) in [6.45, 7) is 2.94. The Kier molecular flexibility index (Phi) is 5.79. The van der Waals surface area contributed by atoms with E-state index in [-0.39, 0.29) is 18.4 Å². The summed E-state index contributed by atoms with van der Waals surface area (Å²) in [6.07, 6.45) is 3.79. The van der Waals surface area contributed by atoms with Crippen LogP contribution in [0.15, 0.2) is 70.7 Å². The van der Waals surface area contributed by atoms with Crippen LogP contribution >= 0.6 is 11.8 Å². The van der Waals surface area contributed by atoms with E-state index in [0.29, 0.717) is 18.1 Å². The standard InChI is InChI=1S/C24H22N4O3S/c29-22(25-18-6-2-1-3-7-18)16-28-15-17(19-8-4-5-9-20(19)28)14-21-23(30)26-24(32-21)27-10-12-31-13-11-27/h1-9,14-15H,10-13,16H2,(H,25,29)/b21-14-. The van der Waals surface area contributed by atoms with E-state index in [1.807, 2.05) is 71.4 Å². The van der Waals surface area contributed by atoms with Crippen LogP contribution in [-0.4, -0.2) is 52.8 Å². The molecule has 2 aliphatic heterocycles. The number of fused-ring (bicyclic) bond motifs is 1. The summed E-state index contributed by atoms with van der Waals surface area (Å²) >= 11 is 1.40. The second kappa shape index (κ2) is 9.02. The molecular weight excluding hydrogens is 424 g/mol. The number of amides is 2. The molecule has 2 aromatic carbocycles. The zero-order valence-corrected chi connectivity index (χ0v) is 18.2. The molecule has 32 heavy (non-hydrogen) atoms. The number of amidine groups is 1. The Hall–Kier alpha value is -3.36. The van der Waals surface area contributed by atoms with Crippen molar-refractivity contribution in [1.82, 2.24) is 9.47 Å². The van der Waals surface area contributed by atoms with E-state index >= 15 is 0 Å². The minimum atomic E-state index is -0.227. The van der Waals surface area contributed by atoms with Gasteiger partial charge < -0.3 is 19.5 Å². The highest BCUT2D eigenvalue weighted by Gasteiger charge is 2.27. The van der Waals surface area contributed by atoms with Crippen LogP contribution in [0, 0.1) is 0 Å². The SMILES string of the molecule is O=C(Cn1cc(/C=C2\SC(N3CCOCC3)=NC2=O)c2ccccc21)Nc1ccccc1. The summed E-state index contributed by atoms with van der Waals surface area (Å²) in [5, 5.41) is 4.64. The van der Waals surface area contributed by atoms with Crippen LogP contribution in [0.5, 0.6) is 0 Å². The molecule has 5 rings (SSSR count). The molecule has 1 fully saturated rings. The molecule has 1 N–H and O–H groups in total. The van der Waals surface area contributed by atoms with Crippen molar-refractivity contribution >= 4 is 51.4 Å². The number of morpholine rings is 1. The van der Waals surface area contributed by atoms with Gasteiger partial charge in [-0.1, -0.05) is 36.4 Å². The number of ether oxygens (including phenoxy) is 1. The number of thioether (sulfide) groups is 1. The van der Waals surface area contributed by atoms with Crippen LogP contribution in [0.4, 0.5) is 5.69 Å². The molecule has 3 aromatic rings. The maximum Gasteiger partial charge on any atom is 0.286 e. The first-order chi connectivity index (χ1) is 15.7. The van der Waals surface area contributed by atoms with Gasteiger partial charge in [-0.25, -0.2) is 0 Å². The van der Waals surface area contributed by atoms with Crippen molar-refractivity contribution < 1.29 is 14.3 Å². The van der Waals surface area contributed by atoms with Gasteiger partial charge >= 0.3 is 0 Å². The number of hydrogen-bond acceptors (Lipinski definition) is 5. The van der Waals surface area contributed by atoms with E-state index < -0.39 is 0 Å². The van der Waals surface area contributed by atoms with Crippen molar-refractivity contribution in [2.24, 2.45) is 4.99 Å². The van der Waals surface area contributed by atoms with Gasteiger partial charge in [0.15, 0.2) is 5.17 Å². The van der Waals surface area contributed by atoms with E-state index in [1.165, 1.54) is 11.8 Å². The first kappa shape index (κ1) is 20.5. The number of nitrogens with zero attached hydrogens (tertiary/aromatic N) is 3. The molecule has 0 aliphatic carbocycles. The summed E-state index contributed by atoms with van der Waals surface area (Å²) in [7, 11) is 0. The lowest BCUT2D eigenvalue weighted by molar-refractivity contribution is -0.116. The number of aliphatic imine (C=N–C) groups is 1. The van der Waals surface area contributed by atoms with Gasteiger partial charge in [-0.2, -0.15) is 4.99 Å². The molecule has 2 amide bonds. The first-order valence-corrected chi connectivity index (χ1v) is 11.3. The first-order valence-electron chi connectivity index (χ1n) is 10.5. The molecule has 2 aliphatic rings. The molecule has 162 valence electrons. The smallest absolute Gasteiger partial charge is 0.286 e. The molecule has 1 aromatic heterocycles. The highest BCUT2D eigenvalue weighted by Crippen LogP contribution is 2.33. The maximum absolute atomic E-state index is 12.6.